The van der Waals surface area contributed by atoms with Crippen LogP contribution in [-0.2, 0) is 11.2 Å². The molecule has 1 aliphatic rings. The third-order valence-corrected chi connectivity index (χ3v) is 3.64. The highest BCUT2D eigenvalue weighted by molar-refractivity contribution is 5.78. The van der Waals surface area contributed by atoms with Crippen molar-refractivity contribution in [2.45, 2.75) is 38.1 Å². The molecule has 1 atom stereocenters. The number of hydrogen-bond donors (Lipinski definition) is 2. The summed E-state index contributed by atoms with van der Waals surface area (Å²) in [7, 11) is 0. The van der Waals surface area contributed by atoms with Crippen molar-refractivity contribution >= 4 is 5.91 Å². The quantitative estimate of drug-likeness (QED) is 0.823. The van der Waals surface area contributed by atoms with E-state index in [1.807, 2.05) is 18.2 Å². The molecule has 0 radical (unpaired) electrons. The first-order chi connectivity index (χ1) is 8.79. The number of nitrogens with zero attached hydrogens (tertiary/aromatic N) is 1. The van der Waals surface area contributed by atoms with Gasteiger partial charge >= 0.3 is 0 Å². The molecule has 1 aliphatic carbocycles. The van der Waals surface area contributed by atoms with Gasteiger partial charge in [0, 0.05) is 24.5 Å². The van der Waals surface area contributed by atoms with Gasteiger partial charge < -0.3 is 11.1 Å². The summed E-state index contributed by atoms with van der Waals surface area (Å²) >= 11 is 0. The minimum Gasteiger partial charge on any atom is -0.351 e. The van der Waals surface area contributed by atoms with Gasteiger partial charge in [0.15, 0.2) is 0 Å². The maximum absolute atomic E-state index is 11.9. The van der Waals surface area contributed by atoms with Crippen molar-refractivity contribution < 1.29 is 4.79 Å². The third kappa shape index (κ3) is 3.53. The van der Waals surface area contributed by atoms with Gasteiger partial charge in [-0.15, -0.1) is 0 Å². The highest BCUT2D eigenvalue weighted by atomic mass is 16.1. The molecule has 1 fully saturated rings. The average Bonchev–Trinajstić information content (AvgIpc) is 2.91. The van der Waals surface area contributed by atoms with Gasteiger partial charge in [-0.05, 0) is 30.9 Å². The number of nitrogens with two attached hydrogens (primary N) is 1. The number of carbonyl (C=O) groups is 1. The van der Waals surface area contributed by atoms with Crippen LogP contribution >= 0.6 is 0 Å². The van der Waals surface area contributed by atoms with Crippen LogP contribution in [0.15, 0.2) is 24.4 Å². The molecule has 1 amide bonds. The highest BCUT2D eigenvalue weighted by Crippen LogP contribution is 2.27. The van der Waals surface area contributed by atoms with E-state index in [4.69, 9.17) is 5.73 Å². The number of carbonyl (C=O) groups excluding carboxylic acids is 1. The van der Waals surface area contributed by atoms with E-state index in [-0.39, 0.29) is 11.9 Å². The lowest BCUT2D eigenvalue weighted by Gasteiger charge is -2.23. The van der Waals surface area contributed by atoms with Crippen LogP contribution in [0.5, 0.6) is 0 Å². The van der Waals surface area contributed by atoms with Gasteiger partial charge in [-0.3, -0.25) is 9.78 Å². The van der Waals surface area contributed by atoms with E-state index in [2.05, 4.69) is 10.3 Å². The van der Waals surface area contributed by atoms with E-state index >= 15 is 0 Å². The maximum Gasteiger partial charge on any atom is 0.226 e. The number of rotatable bonds is 5. The molecule has 0 aliphatic heterocycles. The molecule has 98 valence electrons. The van der Waals surface area contributed by atoms with Crippen LogP contribution in [-0.4, -0.2) is 23.5 Å². The predicted molar refractivity (Wildman–Crippen MR) is 70.9 cm³/mol. The van der Waals surface area contributed by atoms with Gasteiger partial charge in [0.1, 0.15) is 0 Å². The van der Waals surface area contributed by atoms with Gasteiger partial charge in [-0.1, -0.05) is 18.9 Å². The molecule has 2 rings (SSSR count). The van der Waals surface area contributed by atoms with Crippen LogP contribution in [0.3, 0.4) is 0 Å². The minimum atomic E-state index is 0.0241. The molecule has 3 N–H and O–H groups in total. The summed E-state index contributed by atoms with van der Waals surface area (Å²) in [6.07, 6.45) is 6.94. The summed E-state index contributed by atoms with van der Waals surface area (Å²) in [6, 6.07) is 5.74. The largest absolute Gasteiger partial charge is 0.351 e. The van der Waals surface area contributed by atoms with Gasteiger partial charge in [0.05, 0.1) is 6.42 Å². The summed E-state index contributed by atoms with van der Waals surface area (Å²) in [4.78, 5) is 16.1. The molecule has 18 heavy (non-hydrogen) atoms. The molecule has 0 saturated heterocycles. The summed E-state index contributed by atoms with van der Waals surface area (Å²) < 4.78 is 0. The standard InChI is InChI=1S/C14H21N3O/c15-10-13(11-5-1-2-6-11)17-14(18)9-12-7-3-4-8-16-12/h3-4,7-8,11,13H,1-2,5-6,9-10,15H2,(H,17,18). The van der Waals surface area contributed by atoms with Gasteiger partial charge in [-0.25, -0.2) is 0 Å². The first kappa shape index (κ1) is 13.0. The first-order valence-electron chi connectivity index (χ1n) is 6.69. The zero-order chi connectivity index (χ0) is 12.8. The second-order valence-electron chi connectivity index (χ2n) is 4.95. The van der Waals surface area contributed by atoms with Crippen molar-refractivity contribution in [1.82, 2.24) is 10.3 Å². The smallest absolute Gasteiger partial charge is 0.226 e. The zero-order valence-electron chi connectivity index (χ0n) is 10.6. The Bertz CT molecular complexity index is 374. The molecule has 4 nitrogen and oxygen atoms in total. The van der Waals surface area contributed by atoms with Crippen LogP contribution in [0.25, 0.3) is 0 Å². The first-order valence-corrected chi connectivity index (χ1v) is 6.69. The summed E-state index contributed by atoms with van der Waals surface area (Å²) in [6.45, 7) is 0.526. The SMILES string of the molecule is NCC(NC(=O)Cc1ccccn1)C1CCCC1. The number of hydrogen-bond acceptors (Lipinski definition) is 3. The van der Waals surface area contributed by atoms with Crippen LogP contribution in [0, 0.1) is 5.92 Å². The normalized spacial score (nSPS) is 17.6. The number of aromatic nitrogens is 1. The predicted octanol–water partition coefficient (Wildman–Crippen LogP) is 1.26. The van der Waals surface area contributed by atoms with E-state index in [1.54, 1.807) is 6.20 Å². The van der Waals surface area contributed by atoms with E-state index in [0.717, 1.165) is 5.69 Å². The lowest BCUT2D eigenvalue weighted by atomic mass is 9.98. The third-order valence-electron chi connectivity index (χ3n) is 3.64. The lowest BCUT2D eigenvalue weighted by molar-refractivity contribution is -0.121. The van der Waals surface area contributed by atoms with Crippen LogP contribution in [0.1, 0.15) is 31.4 Å². The van der Waals surface area contributed by atoms with Gasteiger partial charge in [-0.2, -0.15) is 0 Å². The van der Waals surface area contributed by atoms with Crippen molar-refractivity contribution in [3.05, 3.63) is 30.1 Å². The second kappa shape index (κ2) is 6.50. The molecule has 1 heterocycles. The van der Waals surface area contributed by atoms with Crippen molar-refractivity contribution in [3.8, 4) is 0 Å². The Kier molecular flexibility index (Phi) is 4.70. The number of nitrogens with one attached hydrogen (secondary N) is 1. The Balaban J connectivity index is 1.85. The van der Waals surface area contributed by atoms with E-state index < -0.39 is 0 Å². The Hall–Kier alpha value is -1.42. The van der Waals surface area contributed by atoms with Crippen molar-refractivity contribution in [3.63, 3.8) is 0 Å². The van der Waals surface area contributed by atoms with E-state index in [9.17, 15) is 4.79 Å². The minimum absolute atomic E-state index is 0.0241. The molecule has 0 spiro atoms. The molecule has 1 aromatic rings. The van der Waals surface area contributed by atoms with Crippen molar-refractivity contribution in [2.75, 3.05) is 6.54 Å². The van der Waals surface area contributed by atoms with E-state index in [1.165, 1.54) is 25.7 Å². The van der Waals surface area contributed by atoms with Gasteiger partial charge in [0.25, 0.3) is 0 Å². The Morgan fingerprint density at radius 1 is 1.44 bits per heavy atom. The molecule has 4 heteroatoms. The topological polar surface area (TPSA) is 68.0 Å². The van der Waals surface area contributed by atoms with Crippen molar-refractivity contribution in [2.24, 2.45) is 11.7 Å². The molecular weight excluding hydrogens is 226 g/mol. The summed E-state index contributed by atoms with van der Waals surface area (Å²) in [5, 5.41) is 3.05. The van der Waals surface area contributed by atoms with E-state index in [0.29, 0.717) is 18.9 Å². The van der Waals surface area contributed by atoms with Crippen LogP contribution in [0.4, 0.5) is 0 Å². The molecule has 1 unspecified atom stereocenters. The van der Waals surface area contributed by atoms with Gasteiger partial charge in [0.2, 0.25) is 5.91 Å². The molecule has 1 saturated carbocycles. The fraction of sp³-hybridized carbons (Fsp3) is 0.571. The van der Waals surface area contributed by atoms with Crippen molar-refractivity contribution in [1.29, 1.82) is 0 Å². The fourth-order valence-corrected chi connectivity index (χ4v) is 2.65. The second-order valence-corrected chi connectivity index (χ2v) is 4.95. The summed E-state index contributed by atoms with van der Waals surface area (Å²) in [5.74, 6) is 0.582. The number of pyridine rings is 1. The van der Waals surface area contributed by atoms with Crippen LogP contribution in [0.2, 0.25) is 0 Å². The molecule has 1 aromatic heterocycles. The highest BCUT2D eigenvalue weighted by Gasteiger charge is 2.25. The Morgan fingerprint density at radius 3 is 2.83 bits per heavy atom. The average molecular weight is 247 g/mol. The Labute approximate surface area is 108 Å². The molecule has 0 aromatic carbocycles. The Morgan fingerprint density at radius 2 is 2.22 bits per heavy atom. The summed E-state index contributed by atoms with van der Waals surface area (Å²) in [5.41, 5.74) is 6.57. The lowest BCUT2D eigenvalue weighted by Crippen LogP contribution is -2.45. The zero-order valence-corrected chi connectivity index (χ0v) is 10.6. The fourth-order valence-electron chi connectivity index (χ4n) is 2.65. The van der Waals surface area contributed by atoms with Crippen LogP contribution < -0.4 is 11.1 Å². The monoisotopic (exact) mass is 247 g/mol. The number of amides is 1. The maximum atomic E-state index is 11.9. The molecular formula is C14H21N3O. The molecule has 0 bridgehead atoms.